The number of benzene rings is 2. The molecule has 0 radical (unpaired) electrons. The summed E-state index contributed by atoms with van der Waals surface area (Å²) in [4.78, 5) is 38.7. The van der Waals surface area contributed by atoms with E-state index in [4.69, 9.17) is 17.2 Å². The fraction of sp³-hybridized carbons (Fsp3) is 0.217. The van der Waals surface area contributed by atoms with E-state index in [2.05, 4.69) is 31.5 Å². The van der Waals surface area contributed by atoms with Crippen molar-refractivity contribution in [2.75, 3.05) is 35.6 Å². The number of amides is 2. The van der Waals surface area contributed by atoms with Crippen LogP contribution in [0.1, 0.15) is 27.5 Å². The number of anilines is 3. The maximum atomic E-state index is 13.2. The zero-order chi connectivity index (χ0) is 25.0. The number of ketones is 1. The first-order valence-corrected chi connectivity index (χ1v) is 10.9. The molecule has 12 heteroatoms. The highest BCUT2D eigenvalue weighted by Crippen LogP contribution is 2.30. The average molecular weight is 478 g/mol. The molecule has 1 unspecified atom stereocenters. The Hall–Kier alpha value is -4.26. The summed E-state index contributed by atoms with van der Waals surface area (Å²) < 4.78 is 0. The Bertz CT molecular complexity index is 1220. The van der Waals surface area contributed by atoms with Crippen LogP contribution in [-0.4, -0.2) is 47.4 Å². The van der Waals surface area contributed by atoms with Crippen LogP contribution in [0.25, 0.3) is 0 Å². The van der Waals surface area contributed by atoms with E-state index in [-0.39, 0.29) is 12.2 Å². The summed E-state index contributed by atoms with van der Waals surface area (Å²) in [5.41, 5.74) is 20.2. The third kappa shape index (κ3) is 5.63. The predicted molar refractivity (Wildman–Crippen MR) is 131 cm³/mol. The van der Waals surface area contributed by atoms with E-state index in [1.54, 1.807) is 36.4 Å². The van der Waals surface area contributed by atoms with Gasteiger partial charge in [0.15, 0.2) is 5.78 Å². The van der Waals surface area contributed by atoms with Gasteiger partial charge in [-0.15, -0.1) is 0 Å². The molecule has 0 aliphatic carbocycles. The van der Waals surface area contributed by atoms with Crippen molar-refractivity contribution in [2.24, 2.45) is 17.2 Å². The molecule has 2 heterocycles. The summed E-state index contributed by atoms with van der Waals surface area (Å²) in [7, 11) is 0. The van der Waals surface area contributed by atoms with Crippen molar-refractivity contribution in [1.82, 2.24) is 15.5 Å². The molecule has 0 saturated heterocycles. The van der Waals surface area contributed by atoms with Crippen LogP contribution in [0.2, 0.25) is 0 Å². The molecule has 1 aromatic heterocycles. The molecule has 12 nitrogen and oxygen atoms in total. The number of aromatic amines is 1. The number of hydrogen-bond acceptors (Lipinski definition) is 9. The number of hydrogen-bond donors (Lipinski definition) is 8. The molecule has 3 aromatic rings. The third-order valence-electron chi connectivity index (χ3n) is 5.52. The number of H-pyrrole nitrogens is 1. The average Bonchev–Trinajstić information content (AvgIpc) is 3.38. The number of nitrogens with zero attached hydrogens (tertiary/aromatic N) is 1. The topological polar surface area (TPSA) is 206 Å². The molecular formula is C23H27N9O3. The fourth-order valence-electron chi connectivity index (χ4n) is 3.72. The Morgan fingerprint density at radius 2 is 1.69 bits per heavy atom. The second-order valence-corrected chi connectivity index (χ2v) is 8.20. The van der Waals surface area contributed by atoms with Crippen molar-refractivity contribution in [3.63, 3.8) is 0 Å². The van der Waals surface area contributed by atoms with Crippen molar-refractivity contribution in [2.45, 2.75) is 11.7 Å². The van der Waals surface area contributed by atoms with Gasteiger partial charge in [-0.2, -0.15) is 5.10 Å². The minimum Gasteiger partial charge on any atom is -0.382 e. The van der Waals surface area contributed by atoms with Crippen molar-refractivity contribution in [3.8, 4) is 0 Å². The van der Waals surface area contributed by atoms with Crippen LogP contribution in [0.4, 0.5) is 17.1 Å². The van der Waals surface area contributed by atoms with E-state index >= 15 is 0 Å². The summed E-state index contributed by atoms with van der Waals surface area (Å²) in [5.74, 6) is -4.22. The SMILES string of the molecule is NC(N)(N)c1ccc(NC(=O)CNC(=O)C(C(=O)c2ccn[nH]2)c2ccc3c(c2)NCCN3)cc1. The normalized spacial score (nSPS) is 13.6. The van der Waals surface area contributed by atoms with Gasteiger partial charge in [0.2, 0.25) is 11.8 Å². The van der Waals surface area contributed by atoms with Gasteiger partial charge < -0.3 is 21.3 Å². The summed E-state index contributed by atoms with van der Waals surface area (Å²) in [5, 5.41) is 18.1. The maximum absolute atomic E-state index is 13.2. The molecule has 0 spiro atoms. The first-order chi connectivity index (χ1) is 16.7. The number of carbonyl (C=O) groups is 3. The lowest BCUT2D eigenvalue weighted by molar-refractivity contribution is -0.124. The molecule has 2 amide bonds. The van der Waals surface area contributed by atoms with Gasteiger partial charge in [0.25, 0.3) is 0 Å². The summed E-state index contributed by atoms with van der Waals surface area (Å²) in [6.07, 6.45) is 1.43. The number of Topliss-reactive ketones (excluding diaryl/α,β-unsaturated/α-hetero) is 1. The lowest BCUT2D eigenvalue weighted by Gasteiger charge is -2.22. The molecule has 2 aromatic carbocycles. The predicted octanol–water partition coefficient (Wildman–Crippen LogP) is -0.0451. The number of aromatic nitrogens is 2. The van der Waals surface area contributed by atoms with Gasteiger partial charge in [0, 0.05) is 30.5 Å². The van der Waals surface area contributed by atoms with Gasteiger partial charge in [0.1, 0.15) is 17.4 Å². The van der Waals surface area contributed by atoms with Gasteiger partial charge in [-0.1, -0.05) is 18.2 Å². The largest absolute Gasteiger partial charge is 0.382 e. The van der Waals surface area contributed by atoms with Crippen molar-refractivity contribution < 1.29 is 14.4 Å². The Balaban J connectivity index is 1.46. The van der Waals surface area contributed by atoms with Crippen LogP contribution in [-0.2, 0) is 15.4 Å². The number of nitrogens with one attached hydrogen (secondary N) is 5. The van der Waals surface area contributed by atoms with Crippen LogP contribution in [0.5, 0.6) is 0 Å². The zero-order valence-corrected chi connectivity index (χ0v) is 18.8. The third-order valence-corrected chi connectivity index (χ3v) is 5.52. The van der Waals surface area contributed by atoms with Crippen LogP contribution >= 0.6 is 0 Å². The summed E-state index contributed by atoms with van der Waals surface area (Å²) in [6.45, 7) is 1.14. The monoisotopic (exact) mass is 477 g/mol. The number of nitrogens with two attached hydrogens (primary N) is 3. The maximum Gasteiger partial charge on any atom is 0.243 e. The van der Waals surface area contributed by atoms with Crippen LogP contribution in [0, 0.1) is 0 Å². The van der Waals surface area contributed by atoms with Crippen molar-refractivity contribution in [3.05, 3.63) is 71.5 Å². The second kappa shape index (κ2) is 9.93. The highest BCUT2D eigenvalue weighted by atomic mass is 16.2. The van der Waals surface area contributed by atoms with Gasteiger partial charge in [-0.05, 0) is 35.9 Å². The van der Waals surface area contributed by atoms with E-state index < -0.39 is 29.3 Å². The molecule has 4 rings (SSSR count). The number of carbonyl (C=O) groups excluding carboxylic acids is 3. The standard InChI is InChI=1S/C23H27N9O3/c24-23(25,26)14-2-4-15(5-3-14)31-19(33)12-29-22(35)20(21(34)17-7-8-30-32-17)13-1-6-16-18(11-13)28-10-9-27-16/h1-8,11,20,27-28H,9-10,12,24-26H2,(H,29,35)(H,30,32)(H,31,33). The summed E-state index contributed by atoms with van der Waals surface area (Å²) in [6, 6.07) is 13.1. The molecule has 35 heavy (non-hydrogen) atoms. The van der Waals surface area contributed by atoms with E-state index in [9.17, 15) is 14.4 Å². The molecule has 0 fully saturated rings. The molecule has 1 aliphatic heterocycles. The second-order valence-electron chi connectivity index (χ2n) is 8.20. The van der Waals surface area contributed by atoms with Crippen molar-refractivity contribution >= 4 is 34.7 Å². The quantitative estimate of drug-likeness (QED) is 0.124. The number of rotatable bonds is 8. The smallest absolute Gasteiger partial charge is 0.243 e. The highest BCUT2D eigenvalue weighted by molar-refractivity contribution is 6.14. The number of fused-ring (bicyclic) bond motifs is 1. The first kappa shape index (κ1) is 23.9. The van der Waals surface area contributed by atoms with Gasteiger partial charge in [0.05, 0.1) is 17.9 Å². The van der Waals surface area contributed by atoms with Crippen LogP contribution in [0.15, 0.2) is 54.7 Å². The highest BCUT2D eigenvalue weighted by Gasteiger charge is 2.31. The minimum atomic E-state index is -1.49. The fourth-order valence-corrected chi connectivity index (χ4v) is 3.72. The molecule has 0 bridgehead atoms. The Labute approximate surface area is 201 Å². The molecular weight excluding hydrogens is 450 g/mol. The van der Waals surface area contributed by atoms with Crippen LogP contribution < -0.4 is 38.5 Å². The van der Waals surface area contributed by atoms with Crippen LogP contribution in [0.3, 0.4) is 0 Å². The summed E-state index contributed by atoms with van der Waals surface area (Å²) >= 11 is 0. The Morgan fingerprint density at radius 1 is 0.971 bits per heavy atom. The van der Waals surface area contributed by atoms with E-state index in [0.717, 1.165) is 17.9 Å². The minimum absolute atomic E-state index is 0.189. The first-order valence-electron chi connectivity index (χ1n) is 10.9. The Kier molecular flexibility index (Phi) is 6.78. The molecule has 1 atom stereocenters. The van der Waals surface area contributed by atoms with Crippen molar-refractivity contribution in [1.29, 1.82) is 0 Å². The van der Waals surface area contributed by atoms with E-state index in [1.807, 2.05) is 6.07 Å². The van der Waals surface area contributed by atoms with E-state index in [0.29, 0.717) is 23.4 Å². The lowest BCUT2D eigenvalue weighted by Crippen LogP contribution is -2.54. The molecule has 182 valence electrons. The molecule has 11 N–H and O–H groups in total. The Morgan fingerprint density at radius 3 is 2.34 bits per heavy atom. The zero-order valence-electron chi connectivity index (χ0n) is 18.8. The molecule has 0 saturated carbocycles. The van der Waals surface area contributed by atoms with Gasteiger partial charge >= 0.3 is 0 Å². The van der Waals surface area contributed by atoms with Gasteiger partial charge in [-0.25, -0.2) is 0 Å². The molecule has 1 aliphatic rings. The lowest BCUT2D eigenvalue weighted by atomic mass is 9.91. The van der Waals surface area contributed by atoms with Gasteiger partial charge in [-0.3, -0.25) is 36.7 Å². The van der Waals surface area contributed by atoms with E-state index in [1.165, 1.54) is 12.3 Å².